The Hall–Kier alpha value is -0.180. The Labute approximate surface area is 97.1 Å². The molecule has 1 unspecified atom stereocenters. The summed E-state index contributed by atoms with van der Waals surface area (Å²) in [5, 5.41) is 0. The highest BCUT2D eigenvalue weighted by Gasteiger charge is 2.18. The second kappa shape index (κ2) is 5.78. The number of hydrogen-bond donors (Lipinski definition) is 1. The first-order valence-corrected chi connectivity index (χ1v) is 7.39. The Kier molecular flexibility index (Phi) is 4.36. The number of nitrogens with two attached hydrogens (primary N) is 1. The Balaban J connectivity index is 1.77. The number of thioether (sulfide) groups is 1. The summed E-state index contributed by atoms with van der Waals surface area (Å²) in [7, 11) is 0. The van der Waals surface area contributed by atoms with Gasteiger partial charge in [0.05, 0.1) is 5.84 Å². The zero-order valence-electron chi connectivity index (χ0n) is 9.45. The highest BCUT2D eigenvalue weighted by Crippen LogP contribution is 2.25. The minimum atomic E-state index is 0.604. The number of amidine groups is 1. The molecule has 0 aromatic carbocycles. The van der Waals surface area contributed by atoms with Crippen molar-refractivity contribution in [1.29, 1.82) is 0 Å². The molecule has 1 aliphatic carbocycles. The third-order valence-corrected chi connectivity index (χ3v) is 4.81. The summed E-state index contributed by atoms with van der Waals surface area (Å²) in [4.78, 5) is 4.61. The van der Waals surface area contributed by atoms with E-state index in [0.717, 1.165) is 18.3 Å². The van der Waals surface area contributed by atoms with Crippen molar-refractivity contribution in [2.45, 2.75) is 38.5 Å². The molecule has 2 fully saturated rings. The number of aliphatic imine (C=N–C) groups is 1. The molecule has 86 valence electrons. The van der Waals surface area contributed by atoms with Gasteiger partial charge in [0, 0.05) is 12.5 Å². The standard InChI is InChI=1S/C12H22N2S/c13-12(11-4-2-1-3-5-11)14-8-10-6-7-15-9-10/h10-11H,1-9H2,(H2,13,14). The van der Waals surface area contributed by atoms with E-state index in [2.05, 4.69) is 16.8 Å². The first-order chi connectivity index (χ1) is 7.36. The monoisotopic (exact) mass is 226 g/mol. The highest BCUT2D eigenvalue weighted by molar-refractivity contribution is 7.99. The molecule has 2 nitrogen and oxygen atoms in total. The lowest BCUT2D eigenvalue weighted by Gasteiger charge is -2.21. The molecule has 2 aliphatic rings. The Morgan fingerprint density at radius 2 is 2.00 bits per heavy atom. The zero-order valence-corrected chi connectivity index (χ0v) is 10.3. The van der Waals surface area contributed by atoms with Crippen molar-refractivity contribution in [2.24, 2.45) is 22.6 Å². The van der Waals surface area contributed by atoms with Crippen LogP contribution in [0.25, 0.3) is 0 Å². The molecule has 15 heavy (non-hydrogen) atoms. The molecule has 0 amide bonds. The first kappa shape index (κ1) is 11.3. The Morgan fingerprint density at radius 1 is 1.20 bits per heavy atom. The van der Waals surface area contributed by atoms with E-state index in [0.29, 0.717) is 5.92 Å². The number of nitrogens with zero attached hydrogens (tertiary/aromatic N) is 1. The fourth-order valence-electron chi connectivity index (χ4n) is 2.49. The van der Waals surface area contributed by atoms with Crippen LogP contribution >= 0.6 is 11.8 Å². The van der Waals surface area contributed by atoms with Gasteiger partial charge in [-0.3, -0.25) is 4.99 Å². The minimum absolute atomic E-state index is 0.604. The third kappa shape index (κ3) is 3.40. The summed E-state index contributed by atoms with van der Waals surface area (Å²) in [6.07, 6.45) is 7.97. The van der Waals surface area contributed by atoms with Crippen molar-refractivity contribution in [1.82, 2.24) is 0 Å². The van der Waals surface area contributed by atoms with Crippen molar-refractivity contribution in [2.75, 3.05) is 18.1 Å². The van der Waals surface area contributed by atoms with Gasteiger partial charge in [0.25, 0.3) is 0 Å². The smallest absolute Gasteiger partial charge is 0.0968 e. The van der Waals surface area contributed by atoms with E-state index < -0.39 is 0 Å². The summed E-state index contributed by atoms with van der Waals surface area (Å²) < 4.78 is 0. The maximum absolute atomic E-state index is 6.07. The molecule has 2 N–H and O–H groups in total. The molecule has 0 bridgehead atoms. The van der Waals surface area contributed by atoms with E-state index in [1.54, 1.807) is 0 Å². The summed E-state index contributed by atoms with van der Waals surface area (Å²) in [6, 6.07) is 0. The van der Waals surface area contributed by atoms with Crippen molar-refractivity contribution >= 4 is 17.6 Å². The minimum Gasteiger partial charge on any atom is -0.387 e. The average Bonchev–Trinajstić information content (AvgIpc) is 2.80. The highest BCUT2D eigenvalue weighted by atomic mass is 32.2. The Morgan fingerprint density at radius 3 is 2.67 bits per heavy atom. The van der Waals surface area contributed by atoms with Gasteiger partial charge in [0.15, 0.2) is 0 Å². The number of rotatable bonds is 3. The van der Waals surface area contributed by atoms with E-state index in [9.17, 15) is 0 Å². The average molecular weight is 226 g/mol. The van der Waals surface area contributed by atoms with Gasteiger partial charge in [-0.25, -0.2) is 0 Å². The summed E-state index contributed by atoms with van der Waals surface area (Å²) in [5.41, 5.74) is 6.07. The molecule has 0 aromatic heterocycles. The zero-order chi connectivity index (χ0) is 10.5. The molecule has 2 rings (SSSR count). The van der Waals surface area contributed by atoms with E-state index >= 15 is 0 Å². The van der Waals surface area contributed by atoms with Crippen molar-refractivity contribution < 1.29 is 0 Å². The van der Waals surface area contributed by atoms with Crippen molar-refractivity contribution in [3.8, 4) is 0 Å². The van der Waals surface area contributed by atoms with Crippen LogP contribution in [-0.4, -0.2) is 23.9 Å². The third-order valence-electron chi connectivity index (χ3n) is 3.58. The lowest BCUT2D eigenvalue weighted by molar-refractivity contribution is 0.435. The molecule has 1 saturated heterocycles. The van der Waals surface area contributed by atoms with Crippen LogP contribution in [0.4, 0.5) is 0 Å². The van der Waals surface area contributed by atoms with Gasteiger partial charge >= 0.3 is 0 Å². The summed E-state index contributed by atoms with van der Waals surface area (Å²) in [6.45, 7) is 0.981. The van der Waals surface area contributed by atoms with Gasteiger partial charge in [-0.1, -0.05) is 19.3 Å². The van der Waals surface area contributed by atoms with Crippen LogP contribution in [0.1, 0.15) is 38.5 Å². The summed E-state index contributed by atoms with van der Waals surface area (Å²) >= 11 is 2.06. The van der Waals surface area contributed by atoms with Gasteiger partial charge < -0.3 is 5.73 Å². The van der Waals surface area contributed by atoms with Gasteiger partial charge in [0.2, 0.25) is 0 Å². The van der Waals surface area contributed by atoms with Crippen molar-refractivity contribution in [3.05, 3.63) is 0 Å². The lowest BCUT2D eigenvalue weighted by atomic mass is 9.88. The predicted octanol–water partition coefficient (Wildman–Crippen LogP) is 2.68. The van der Waals surface area contributed by atoms with E-state index in [1.807, 2.05) is 0 Å². The SMILES string of the molecule is NC(=NCC1CCSC1)C1CCCCC1. The van der Waals surface area contributed by atoms with Gasteiger partial charge in [0.1, 0.15) is 0 Å². The first-order valence-electron chi connectivity index (χ1n) is 6.24. The second-order valence-corrected chi connectivity index (χ2v) is 5.98. The molecule has 0 spiro atoms. The summed E-state index contributed by atoms with van der Waals surface area (Å²) in [5.74, 6) is 4.97. The van der Waals surface area contributed by atoms with Crippen LogP contribution < -0.4 is 5.73 Å². The van der Waals surface area contributed by atoms with Crippen molar-refractivity contribution in [3.63, 3.8) is 0 Å². The van der Waals surface area contributed by atoms with Crippen LogP contribution in [0.5, 0.6) is 0 Å². The molecule has 1 saturated carbocycles. The maximum Gasteiger partial charge on any atom is 0.0968 e. The molecule has 0 radical (unpaired) electrons. The van der Waals surface area contributed by atoms with Gasteiger partial charge in [-0.2, -0.15) is 11.8 Å². The molecular weight excluding hydrogens is 204 g/mol. The van der Waals surface area contributed by atoms with E-state index in [4.69, 9.17) is 5.73 Å². The maximum atomic E-state index is 6.07. The lowest BCUT2D eigenvalue weighted by Crippen LogP contribution is -2.26. The van der Waals surface area contributed by atoms with Crippen LogP contribution in [0.2, 0.25) is 0 Å². The molecule has 0 aromatic rings. The Bertz CT molecular complexity index is 216. The normalized spacial score (nSPS) is 29.6. The second-order valence-electron chi connectivity index (χ2n) is 4.83. The molecule has 1 heterocycles. The van der Waals surface area contributed by atoms with Crippen LogP contribution in [-0.2, 0) is 0 Å². The number of hydrogen-bond acceptors (Lipinski definition) is 2. The fourth-order valence-corrected chi connectivity index (χ4v) is 3.76. The molecule has 1 atom stereocenters. The van der Waals surface area contributed by atoms with E-state index in [-0.39, 0.29) is 0 Å². The quantitative estimate of drug-likeness (QED) is 0.593. The predicted molar refractivity (Wildman–Crippen MR) is 68.5 cm³/mol. The van der Waals surface area contributed by atoms with Crippen LogP contribution in [0, 0.1) is 11.8 Å². The topological polar surface area (TPSA) is 38.4 Å². The molecular formula is C12H22N2S. The van der Waals surface area contributed by atoms with Crippen LogP contribution in [0.15, 0.2) is 4.99 Å². The van der Waals surface area contributed by atoms with Gasteiger partial charge in [-0.15, -0.1) is 0 Å². The largest absolute Gasteiger partial charge is 0.387 e. The molecule has 1 aliphatic heterocycles. The van der Waals surface area contributed by atoms with Crippen LogP contribution in [0.3, 0.4) is 0 Å². The van der Waals surface area contributed by atoms with E-state index in [1.165, 1.54) is 50.0 Å². The fraction of sp³-hybridized carbons (Fsp3) is 0.917. The van der Waals surface area contributed by atoms with Gasteiger partial charge in [-0.05, 0) is 36.7 Å². The molecule has 3 heteroatoms.